The van der Waals surface area contributed by atoms with Gasteiger partial charge < -0.3 is 9.16 Å². The first-order valence-corrected chi connectivity index (χ1v) is 9.65. The van der Waals surface area contributed by atoms with Gasteiger partial charge in [-0.05, 0) is 24.4 Å². The van der Waals surface area contributed by atoms with Crippen molar-refractivity contribution in [3.63, 3.8) is 0 Å². The molecule has 0 radical (unpaired) electrons. The number of aryl methyl sites for hydroxylation is 1. The van der Waals surface area contributed by atoms with Crippen molar-refractivity contribution in [2.24, 2.45) is 0 Å². The molecular formula is C19H24O3Si. The molecule has 0 atom stereocenters. The molecule has 4 heteroatoms. The molecule has 0 aliphatic rings. The fourth-order valence-corrected chi connectivity index (χ4v) is 3.45. The third-order valence-corrected chi connectivity index (χ3v) is 5.08. The van der Waals surface area contributed by atoms with Crippen LogP contribution < -0.4 is 0 Å². The van der Waals surface area contributed by atoms with Crippen molar-refractivity contribution in [1.82, 2.24) is 0 Å². The summed E-state index contributed by atoms with van der Waals surface area (Å²) in [5, 5.41) is 0. The fourth-order valence-electron chi connectivity index (χ4n) is 2.47. The Morgan fingerprint density at radius 1 is 1.00 bits per heavy atom. The molecule has 122 valence electrons. The van der Waals surface area contributed by atoms with E-state index in [1.807, 2.05) is 48.5 Å². The first-order chi connectivity index (χ1) is 11.3. The Morgan fingerprint density at radius 3 is 2.52 bits per heavy atom. The molecule has 0 saturated heterocycles. The summed E-state index contributed by atoms with van der Waals surface area (Å²) >= 11 is 0. The van der Waals surface area contributed by atoms with Crippen LogP contribution in [0.5, 0.6) is 0 Å². The van der Waals surface area contributed by atoms with Crippen LogP contribution in [0.1, 0.15) is 27.9 Å². The summed E-state index contributed by atoms with van der Waals surface area (Å²) in [6.07, 6.45) is 1.99. The predicted octanol–water partition coefficient (Wildman–Crippen LogP) is 3.02. The van der Waals surface area contributed by atoms with Gasteiger partial charge in [0.25, 0.3) is 0 Å². The monoisotopic (exact) mass is 328 g/mol. The van der Waals surface area contributed by atoms with Gasteiger partial charge in [0.1, 0.15) is 0 Å². The largest absolute Gasteiger partial charge is 0.422 e. The normalized spacial score (nSPS) is 11.2. The van der Waals surface area contributed by atoms with Gasteiger partial charge in [0.2, 0.25) is 0 Å². The van der Waals surface area contributed by atoms with Gasteiger partial charge in [0, 0.05) is 18.2 Å². The molecule has 0 aromatic heterocycles. The number of carbonyl (C=O) groups is 1. The molecule has 2 rings (SSSR count). The van der Waals surface area contributed by atoms with Crippen LogP contribution in [-0.4, -0.2) is 35.9 Å². The Hall–Kier alpha value is -1.75. The summed E-state index contributed by atoms with van der Waals surface area (Å²) in [7, 11) is 1.21. The maximum absolute atomic E-state index is 12.6. The second kappa shape index (κ2) is 10.1. The van der Waals surface area contributed by atoms with Gasteiger partial charge in [-0.15, -0.1) is 0 Å². The molecule has 0 unspecified atom stereocenters. The topological polar surface area (TPSA) is 35.5 Å². The zero-order valence-electron chi connectivity index (χ0n) is 13.7. The highest BCUT2D eigenvalue weighted by atomic mass is 28.2. The highest BCUT2D eigenvalue weighted by molar-refractivity contribution is 6.27. The Bertz CT molecular complexity index is 599. The quantitative estimate of drug-likeness (QED) is 0.382. The van der Waals surface area contributed by atoms with Crippen LogP contribution in [0.3, 0.4) is 0 Å². The van der Waals surface area contributed by atoms with Crippen LogP contribution in [0.4, 0.5) is 0 Å². The lowest BCUT2D eigenvalue weighted by Crippen LogP contribution is -2.07. The smallest absolute Gasteiger partial charge is 0.193 e. The van der Waals surface area contributed by atoms with Crippen molar-refractivity contribution in [2.75, 3.05) is 20.3 Å². The molecule has 0 aliphatic heterocycles. The van der Waals surface area contributed by atoms with E-state index in [-0.39, 0.29) is 5.78 Å². The standard InChI is InChI=1S/C19H24O3Si/c1-21-13-14-22-23-15-7-11-16-8-5-6-12-18(16)19(20)17-9-3-2-4-10-17/h2-6,8-10,12H,7,11,13-15,23H2,1H3. The summed E-state index contributed by atoms with van der Waals surface area (Å²) in [6, 6.07) is 18.5. The van der Waals surface area contributed by atoms with Crippen molar-refractivity contribution in [3.8, 4) is 0 Å². The van der Waals surface area contributed by atoms with Crippen LogP contribution in [-0.2, 0) is 15.6 Å². The van der Waals surface area contributed by atoms with E-state index >= 15 is 0 Å². The van der Waals surface area contributed by atoms with E-state index < -0.39 is 9.76 Å². The molecule has 2 aromatic carbocycles. The number of carbonyl (C=O) groups excluding carboxylic acids is 1. The van der Waals surface area contributed by atoms with E-state index in [9.17, 15) is 4.79 Å². The minimum Gasteiger partial charge on any atom is -0.422 e. The zero-order valence-corrected chi connectivity index (χ0v) is 15.1. The highest BCUT2D eigenvalue weighted by Crippen LogP contribution is 2.17. The number of benzene rings is 2. The van der Waals surface area contributed by atoms with Crippen LogP contribution in [0.25, 0.3) is 0 Å². The lowest BCUT2D eigenvalue weighted by molar-refractivity contribution is 0.103. The molecule has 0 aliphatic carbocycles. The fraction of sp³-hybridized carbons (Fsp3) is 0.316. The lowest BCUT2D eigenvalue weighted by atomic mass is 9.96. The first-order valence-electron chi connectivity index (χ1n) is 8.07. The van der Waals surface area contributed by atoms with E-state index in [0.717, 1.165) is 35.6 Å². The number of hydrogen-bond acceptors (Lipinski definition) is 3. The average Bonchev–Trinajstić information content (AvgIpc) is 2.61. The van der Waals surface area contributed by atoms with Crippen molar-refractivity contribution in [1.29, 1.82) is 0 Å². The van der Waals surface area contributed by atoms with Gasteiger partial charge in [-0.3, -0.25) is 4.79 Å². The van der Waals surface area contributed by atoms with Gasteiger partial charge in [-0.25, -0.2) is 0 Å². The molecule has 0 heterocycles. The van der Waals surface area contributed by atoms with Crippen molar-refractivity contribution >= 4 is 15.5 Å². The second-order valence-electron chi connectivity index (χ2n) is 5.41. The SMILES string of the molecule is COCCO[SiH2]CCCc1ccccc1C(=O)c1ccccc1. The minimum absolute atomic E-state index is 0.106. The third-order valence-electron chi connectivity index (χ3n) is 3.71. The third kappa shape index (κ3) is 5.75. The Kier molecular flexibility index (Phi) is 7.73. The summed E-state index contributed by atoms with van der Waals surface area (Å²) in [5.41, 5.74) is 2.70. The zero-order chi connectivity index (χ0) is 16.3. The van der Waals surface area contributed by atoms with Crippen LogP contribution >= 0.6 is 0 Å². The summed E-state index contributed by atoms with van der Waals surface area (Å²) in [4.78, 5) is 12.6. The summed E-state index contributed by atoms with van der Waals surface area (Å²) in [6.45, 7) is 1.37. The number of hydrogen-bond donors (Lipinski definition) is 0. The van der Waals surface area contributed by atoms with E-state index in [1.165, 1.54) is 0 Å². The maximum Gasteiger partial charge on any atom is 0.193 e. The Balaban J connectivity index is 1.89. The molecule has 0 bridgehead atoms. The number of methoxy groups -OCH3 is 1. The van der Waals surface area contributed by atoms with Crippen LogP contribution in [0, 0.1) is 0 Å². The summed E-state index contributed by atoms with van der Waals surface area (Å²) < 4.78 is 10.6. The van der Waals surface area contributed by atoms with Crippen molar-refractivity contribution in [3.05, 3.63) is 71.3 Å². The van der Waals surface area contributed by atoms with Gasteiger partial charge >= 0.3 is 0 Å². The van der Waals surface area contributed by atoms with E-state index in [4.69, 9.17) is 9.16 Å². The van der Waals surface area contributed by atoms with Gasteiger partial charge in [-0.2, -0.15) is 0 Å². The minimum atomic E-state index is -0.472. The molecule has 0 saturated carbocycles. The molecule has 23 heavy (non-hydrogen) atoms. The first kappa shape index (κ1) is 17.6. The highest BCUT2D eigenvalue weighted by Gasteiger charge is 2.12. The van der Waals surface area contributed by atoms with Crippen LogP contribution in [0.15, 0.2) is 54.6 Å². The Morgan fingerprint density at radius 2 is 1.74 bits per heavy atom. The van der Waals surface area contributed by atoms with E-state index in [2.05, 4.69) is 6.07 Å². The van der Waals surface area contributed by atoms with Gasteiger partial charge in [0.15, 0.2) is 15.5 Å². The molecule has 0 amide bonds. The van der Waals surface area contributed by atoms with E-state index in [0.29, 0.717) is 13.2 Å². The van der Waals surface area contributed by atoms with Crippen LogP contribution in [0.2, 0.25) is 6.04 Å². The molecule has 2 aromatic rings. The predicted molar refractivity (Wildman–Crippen MR) is 95.8 cm³/mol. The average molecular weight is 328 g/mol. The van der Waals surface area contributed by atoms with Gasteiger partial charge in [0.05, 0.1) is 13.2 Å². The number of ketones is 1. The van der Waals surface area contributed by atoms with Crippen molar-refractivity contribution in [2.45, 2.75) is 18.9 Å². The van der Waals surface area contributed by atoms with Crippen molar-refractivity contribution < 1.29 is 14.0 Å². The van der Waals surface area contributed by atoms with Gasteiger partial charge in [-0.1, -0.05) is 54.6 Å². The molecule has 0 fully saturated rings. The molecule has 3 nitrogen and oxygen atoms in total. The number of rotatable bonds is 10. The molecular weight excluding hydrogens is 304 g/mol. The molecule has 0 N–H and O–H groups in total. The number of ether oxygens (including phenoxy) is 1. The van der Waals surface area contributed by atoms with E-state index in [1.54, 1.807) is 7.11 Å². The summed E-state index contributed by atoms with van der Waals surface area (Å²) in [5.74, 6) is 0.106. The lowest BCUT2D eigenvalue weighted by Gasteiger charge is -2.09. The Labute approximate surface area is 140 Å². The molecule has 0 spiro atoms. The maximum atomic E-state index is 12.6. The second-order valence-corrected chi connectivity index (χ2v) is 6.94.